The smallest absolute Gasteiger partial charge is 0.280 e. The van der Waals surface area contributed by atoms with Crippen LogP contribution in [0.5, 0.6) is 0 Å². The Labute approximate surface area is 153 Å². The fourth-order valence-corrected chi connectivity index (χ4v) is 3.06. The molecule has 0 amide bonds. The molecule has 0 unspecified atom stereocenters. The van der Waals surface area contributed by atoms with E-state index < -0.39 is 56.9 Å². The summed E-state index contributed by atoms with van der Waals surface area (Å²) in [6.45, 7) is 0. The van der Waals surface area contributed by atoms with E-state index in [4.69, 9.17) is 23.2 Å². The minimum atomic E-state index is -5.12. The first-order valence-electron chi connectivity index (χ1n) is 6.87. The molecule has 0 radical (unpaired) electrons. The van der Waals surface area contributed by atoms with Gasteiger partial charge in [-0.05, 0) is 40.4 Å². The summed E-state index contributed by atoms with van der Waals surface area (Å²) in [6, 6.07) is 3.67. The van der Waals surface area contributed by atoms with E-state index in [-0.39, 0.29) is 0 Å². The van der Waals surface area contributed by atoms with Gasteiger partial charge in [-0.1, -0.05) is 30.4 Å². The highest BCUT2D eigenvalue weighted by Gasteiger charge is 2.51. The van der Waals surface area contributed by atoms with Crippen molar-refractivity contribution in [3.63, 3.8) is 0 Å². The molecule has 0 aliphatic heterocycles. The lowest BCUT2D eigenvalue weighted by atomic mass is 9.76. The molecule has 0 heterocycles. The third-order valence-electron chi connectivity index (χ3n) is 3.88. The molecule has 2 rings (SSSR count). The molecule has 0 aromatic heterocycles. The van der Waals surface area contributed by atoms with Crippen molar-refractivity contribution in [3.05, 3.63) is 53.1 Å². The summed E-state index contributed by atoms with van der Waals surface area (Å²) in [5.74, 6) is 0. The first-order chi connectivity index (χ1) is 11.8. The van der Waals surface area contributed by atoms with Gasteiger partial charge in [0.05, 0.1) is 5.56 Å². The Morgan fingerprint density at radius 3 is 1.92 bits per heavy atom. The maximum absolute atomic E-state index is 13.5. The largest absolute Gasteiger partial charge is 0.417 e. The lowest BCUT2D eigenvalue weighted by Crippen LogP contribution is -2.37. The Morgan fingerprint density at radius 1 is 0.923 bits per heavy atom. The van der Waals surface area contributed by atoms with Gasteiger partial charge in [0.1, 0.15) is 5.41 Å². The van der Waals surface area contributed by atoms with Crippen molar-refractivity contribution >= 4 is 39.3 Å². The standard InChI is InChI=1S/C16H8Cl2F6O2/c17-12(25)14(13(18)26)6-5-9(11(7-14)16(22,23)24)8-3-1-2-4-10(8)15(19,20)21/h1-6H,7H2. The van der Waals surface area contributed by atoms with Gasteiger partial charge in [-0.3, -0.25) is 9.59 Å². The Balaban J connectivity index is 2.76. The van der Waals surface area contributed by atoms with Crippen LogP contribution in [0, 0.1) is 5.41 Å². The predicted octanol–water partition coefficient (Wildman–Crippen LogP) is 5.50. The predicted molar refractivity (Wildman–Crippen MR) is 82.3 cm³/mol. The summed E-state index contributed by atoms with van der Waals surface area (Å²) < 4.78 is 80.0. The van der Waals surface area contributed by atoms with Gasteiger partial charge in [0.2, 0.25) is 10.5 Å². The van der Waals surface area contributed by atoms with Gasteiger partial charge in [0.15, 0.2) is 0 Å². The van der Waals surface area contributed by atoms with E-state index in [2.05, 4.69) is 0 Å². The summed E-state index contributed by atoms with van der Waals surface area (Å²) >= 11 is 10.5. The van der Waals surface area contributed by atoms with Crippen LogP contribution >= 0.6 is 23.2 Å². The summed E-state index contributed by atoms with van der Waals surface area (Å²) in [5.41, 5.74) is -6.83. The zero-order valence-corrected chi connectivity index (χ0v) is 14.0. The highest BCUT2D eigenvalue weighted by molar-refractivity contribution is 6.75. The highest BCUT2D eigenvalue weighted by Crippen LogP contribution is 2.48. The molecule has 0 saturated carbocycles. The molecule has 0 atom stereocenters. The summed E-state index contributed by atoms with van der Waals surface area (Å²) in [7, 11) is 0. The molecule has 0 saturated heterocycles. The van der Waals surface area contributed by atoms with Gasteiger partial charge in [-0.25, -0.2) is 0 Å². The SMILES string of the molecule is O=C(Cl)C1(C(=O)Cl)C=CC(c2ccccc2C(F)(F)F)=C(C(F)(F)F)C1. The van der Waals surface area contributed by atoms with Crippen molar-refractivity contribution in [2.45, 2.75) is 18.8 Å². The molecule has 10 heteroatoms. The number of carbonyl (C=O) groups is 2. The number of carbonyl (C=O) groups excluding carboxylic acids is 2. The molecular weight excluding hydrogens is 409 g/mol. The van der Waals surface area contributed by atoms with Crippen LogP contribution in [0.15, 0.2) is 42.0 Å². The van der Waals surface area contributed by atoms with E-state index in [9.17, 15) is 35.9 Å². The van der Waals surface area contributed by atoms with Gasteiger partial charge >= 0.3 is 12.4 Å². The van der Waals surface area contributed by atoms with Gasteiger partial charge in [-0.2, -0.15) is 26.3 Å². The molecule has 0 spiro atoms. The normalized spacial score (nSPS) is 17.4. The molecule has 0 bridgehead atoms. The Kier molecular flexibility index (Phi) is 5.31. The third-order valence-corrected chi connectivity index (χ3v) is 4.56. The van der Waals surface area contributed by atoms with Crippen LogP contribution in [0.3, 0.4) is 0 Å². The number of rotatable bonds is 3. The van der Waals surface area contributed by atoms with Gasteiger partial charge in [0, 0.05) is 12.0 Å². The zero-order chi connectivity index (χ0) is 19.9. The first-order valence-corrected chi connectivity index (χ1v) is 7.62. The van der Waals surface area contributed by atoms with E-state index >= 15 is 0 Å². The number of hydrogen-bond acceptors (Lipinski definition) is 2. The number of alkyl halides is 6. The van der Waals surface area contributed by atoms with Crippen LogP contribution in [0.2, 0.25) is 0 Å². The quantitative estimate of drug-likeness (QED) is 0.370. The molecule has 140 valence electrons. The van der Waals surface area contributed by atoms with Crippen LogP contribution in [0.25, 0.3) is 5.57 Å². The Morgan fingerprint density at radius 2 is 1.46 bits per heavy atom. The Hall–Kier alpha value is -1.80. The van der Waals surface area contributed by atoms with Crippen LogP contribution in [-0.4, -0.2) is 16.7 Å². The minimum absolute atomic E-state index is 0.622. The lowest BCUT2D eigenvalue weighted by molar-refractivity contribution is -0.138. The Bertz CT molecular complexity index is 807. The highest BCUT2D eigenvalue weighted by atomic mass is 35.5. The molecule has 0 N–H and O–H groups in total. The van der Waals surface area contributed by atoms with E-state index in [0.29, 0.717) is 18.2 Å². The van der Waals surface area contributed by atoms with E-state index in [0.717, 1.165) is 18.2 Å². The molecule has 1 aromatic carbocycles. The second kappa shape index (κ2) is 6.74. The van der Waals surface area contributed by atoms with Crippen LogP contribution in [-0.2, 0) is 15.8 Å². The average Bonchev–Trinajstić information content (AvgIpc) is 2.52. The van der Waals surface area contributed by atoms with E-state index in [1.54, 1.807) is 0 Å². The number of hydrogen-bond donors (Lipinski definition) is 0. The molecule has 26 heavy (non-hydrogen) atoms. The lowest BCUT2D eigenvalue weighted by Gasteiger charge is -2.30. The van der Waals surface area contributed by atoms with Crippen molar-refractivity contribution < 1.29 is 35.9 Å². The molecule has 1 aromatic rings. The zero-order valence-electron chi connectivity index (χ0n) is 12.5. The monoisotopic (exact) mass is 416 g/mol. The van der Waals surface area contributed by atoms with E-state index in [1.807, 2.05) is 0 Å². The molecule has 1 aliphatic carbocycles. The van der Waals surface area contributed by atoms with E-state index in [1.165, 1.54) is 0 Å². The minimum Gasteiger partial charge on any atom is -0.280 e. The number of allylic oxidation sites excluding steroid dienone is 4. The van der Waals surface area contributed by atoms with Gasteiger partial charge in [-0.15, -0.1) is 0 Å². The molecule has 0 fully saturated rings. The van der Waals surface area contributed by atoms with Crippen molar-refractivity contribution in [1.82, 2.24) is 0 Å². The van der Waals surface area contributed by atoms with Crippen molar-refractivity contribution in [2.24, 2.45) is 5.41 Å². The average molecular weight is 417 g/mol. The molecular formula is C16H8Cl2F6O2. The first kappa shape index (κ1) is 20.5. The fraction of sp³-hybridized carbons (Fsp3) is 0.250. The molecule has 2 nitrogen and oxygen atoms in total. The maximum atomic E-state index is 13.5. The van der Waals surface area contributed by atoms with Crippen LogP contribution < -0.4 is 0 Å². The van der Waals surface area contributed by atoms with Gasteiger partial charge in [0.25, 0.3) is 0 Å². The summed E-state index contributed by atoms with van der Waals surface area (Å²) in [5, 5.41) is -2.92. The number of benzene rings is 1. The fourth-order valence-electron chi connectivity index (χ4n) is 2.58. The molecule has 1 aliphatic rings. The summed E-state index contributed by atoms with van der Waals surface area (Å²) in [6.07, 6.45) is -10.00. The van der Waals surface area contributed by atoms with Crippen molar-refractivity contribution in [2.75, 3.05) is 0 Å². The van der Waals surface area contributed by atoms with Crippen molar-refractivity contribution in [1.29, 1.82) is 0 Å². The second-order valence-electron chi connectivity index (χ2n) is 5.46. The van der Waals surface area contributed by atoms with Crippen molar-refractivity contribution in [3.8, 4) is 0 Å². The number of halogens is 8. The topological polar surface area (TPSA) is 34.1 Å². The van der Waals surface area contributed by atoms with Gasteiger partial charge < -0.3 is 0 Å². The van der Waals surface area contributed by atoms with Crippen LogP contribution in [0.4, 0.5) is 26.3 Å². The third kappa shape index (κ3) is 3.66. The second-order valence-corrected chi connectivity index (χ2v) is 6.15. The maximum Gasteiger partial charge on any atom is 0.417 e. The summed E-state index contributed by atoms with van der Waals surface area (Å²) in [4.78, 5) is 23.1. The van der Waals surface area contributed by atoms with Crippen LogP contribution in [0.1, 0.15) is 17.5 Å².